The van der Waals surface area contributed by atoms with Crippen LogP contribution in [0.3, 0.4) is 0 Å². The number of Topliss-reactive ketones (excluding diaryl/α,β-unsaturated/α-hetero) is 1. The van der Waals surface area contributed by atoms with Gasteiger partial charge in [0, 0.05) is 29.5 Å². The predicted molar refractivity (Wildman–Crippen MR) is 76.7 cm³/mol. The summed E-state index contributed by atoms with van der Waals surface area (Å²) in [4.78, 5) is 16.5. The van der Waals surface area contributed by atoms with Crippen LogP contribution in [0.25, 0.3) is 0 Å². The van der Waals surface area contributed by atoms with E-state index >= 15 is 0 Å². The van der Waals surface area contributed by atoms with Crippen LogP contribution in [0.2, 0.25) is 5.02 Å². The van der Waals surface area contributed by atoms with Gasteiger partial charge >= 0.3 is 0 Å². The third kappa shape index (κ3) is 3.24. The molecule has 0 fully saturated rings. The third-order valence-electron chi connectivity index (χ3n) is 3.08. The lowest BCUT2D eigenvalue weighted by molar-refractivity contribution is 0.0989. The van der Waals surface area contributed by atoms with Gasteiger partial charge in [-0.3, -0.25) is 4.79 Å². The van der Waals surface area contributed by atoms with Crippen LogP contribution in [0.15, 0.2) is 30.6 Å². The highest BCUT2D eigenvalue weighted by molar-refractivity contribution is 6.31. The number of rotatable bonds is 5. The van der Waals surface area contributed by atoms with Crippen LogP contribution < -0.4 is 0 Å². The second kappa shape index (κ2) is 6.02. The summed E-state index contributed by atoms with van der Waals surface area (Å²) in [6, 6.07) is 5.41. The summed E-state index contributed by atoms with van der Waals surface area (Å²) in [5.74, 6) is 0.856. The molecule has 1 aromatic heterocycles. The first kappa shape index (κ1) is 13.8. The summed E-state index contributed by atoms with van der Waals surface area (Å²) in [7, 11) is 0. The quantitative estimate of drug-likeness (QED) is 0.781. The molecule has 0 N–H and O–H groups in total. The smallest absolute Gasteiger partial charge is 0.170 e. The lowest BCUT2D eigenvalue weighted by Crippen LogP contribution is -2.10. The van der Waals surface area contributed by atoms with Gasteiger partial charge in [0.25, 0.3) is 0 Å². The van der Waals surface area contributed by atoms with Crippen LogP contribution in [0, 0.1) is 6.92 Å². The molecular weight excluding hydrogens is 260 g/mol. The van der Waals surface area contributed by atoms with E-state index in [2.05, 4.69) is 11.9 Å². The highest BCUT2D eigenvalue weighted by Gasteiger charge is 2.12. The number of carbonyl (C=O) groups is 1. The minimum Gasteiger partial charge on any atom is -0.335 e. The van der Waals surface area contributed by atoms with E-state index in [1.54, 1.807) is 12.3 Å². The Kier molecular flexibility index (Phi) is 4.38. The minimum atomic E-state index is 0.0467. The minimum absolute atomic E-state index is 0.0467. The van der Waals surface area contributed by atoms with E-state index < -0.39 is 0 Å². The summed E-state index contributed by atoms with van der Waals surface area (Å²) in [6.07, 6.45) is 4.98. The van der Waals surface area contributed by atoms with E-state index in [1.165, 1.54) is 0 Å². The van der Waals surface area contributed by atoms with E-state index in [4.69, 9.17) is 11.6 Å². The fourth-order valence-electron chi connectivity index (χ4n) is 1.96. The van der Waals surface area contributed by atoms with Crippen molar-refractivity contribution >= 4 is 17.4 Å². The van der Waals surface area contributed by atoms with Gasteiger partial charge < -0.3 is 4.57 Å². The SMILES string of the molecule is CCCn1ccnc1CC(=O)c1ccc(C)c(Cl)c1. The van der Waals surface area contributed by atoms with Gasteiger partial charge in [-0.05, 0) is 25.0 Å². The molecule has 2 rings (SSSR count). The lowest BCUT2D eigenvalue weighted by atomic mass is 10.1. The van der Waals surface area contributed by atoms with E-state index in [0.717, 1.165) is 24.4 Å². The van der Waals surface area contributed by atoms with Crippen molar-refractivity contribution in [2.45, 2.75) is 33.2 Å². The van der Waals surface area contributed by atoms with Gasteiger partial charge in [0.2, 0.25) is 0 Å². The van der Waals surface area contributed by atoms with Gasteiger partial charge in [-0.15, -0.1) is 0 Å². The van der Waals surface area contributed by atoms with Gasteiger partial charge in [-0.25, -0.2) is 4.98 Å². The van der Waals surface area contributed by atoms with Gasteiger partial charge in [0.05, 0.1) is 6.42 Å². The number of ketones is 1. The summed E-state index contributed by atoms with van der Waals surface area (Å²) in [6.45, 7) is 4.91. The average molecular weight is 277 g/mol. The second-order valence-corrected chi connectivity index (χ2v) is 5.01. The molecule has 0 aliphatic heterocycles. The zero-order chi connectivity index (χ0) is 13.8. The number of aromatic nitrogens is 2. The Morgan fingerprint density at radius 3 is 2.89 bits per heavy atom. The maximum absolute atomic E-state index is 12.2. The zero-order valence-electron chi connectivity index (χ0n) is 11.2. The van der Waals surface area contributed by atoms with E-state index in [-0.39, 0.29) is 5.78 Å². The Bertz CT molecular complexity index is 590. The molecule has 0 aliphatic carbocycles. The van der Waals surface area contributed by atoms with E-state index in [1.807, 2.05) is 29.8 Å². The molecule has 4 heteroatoms. The fourth-order valence-corrected chi connectivity index (χ4v) is 2.14. The second-order valence-electron chi connectivity index (χ2n) is 4.60. The molecule has 3 nitrogen and oxygen atoms in total. The van der Waals surface area contributed by atoms with E-state index in [0.29, 0.717) is 17.0 Å². The van der Waals surface area contributed by atoms with Crippen LogP contribution in [0.1, 0.15) is 35.1 Å². The Balaban J connectivity index is 2.16. The normalized spacial score (nSPS) is 10.7. The van der Waals surface area contributed by atoms with E-state index in [9.17, 15) is 4.79 Å². The largest absolute Gasteiger partial charge is 0.335 e. The Labute approximate surface area is 118 Å². The number of benzene rings is 1. The number of halogens is 1. The maximum Gasteiger partial charge on any atom is 0.170 e. The molecule has 100 valence electrons. The number of imidazole rings is 1. The topological polar surface area (TPSA) is 34.9 Å². The average Bonchev–Trinajstić information content (AvgIpc) is 2.80. The van der Waals surface area contributed by atoms with Crippen LogP contribution >= 0.6 is 11.6 Å². The van der Waals surface area contributed by atoms with Crippen molar-refractivity contribution in [3.05, 3.63) is 52.6 Å². The molecule has 0 amide bonds. The van der Waals surface area contributed by atoms with Gasteiger partial charge in [0.1, 0.15) is 5.82 Å². The number of hydrogen-bond acceptors (Lipinski definition) is 2. The molecule has 0 spiro atoms. The van der Waals surface area contributed by atoms with Crippen molar-refractivity contribution in [1.82, 2.24) is 9.55 Å². The summed E-state index contributed by atoms with van der Waals surface area (Å²) < 4.78 is 2.02. The van der Waals surface area contributed by atoms with Gasteiger partial charge in [0.15, 0.2) is 5.78 Å². The number of aryl methyl sites for hydroxylation is 2. The maximum atomic E-state index is 12.2. The number of carbonyl (C=O) groups excluding carboxylic acids is 1. The molecule has 0 bridgehead atoms. The Morgan fingerprint density at radius 1 is 1.42 bits per heavy atom. The van der Waals surface area contributed by atoms with Crippen molar-refractivity contribution in [2.75, 3.05) is 0 Å². The lowest BCUT2D eigenvalue weighted by Gasteiger charge is -2.06. The van der Waals surface area contributed by atoms with Crippen molar-refractivity contribution in [3.8, 4) is 0 Å². The van der Waals surface area contributed by atoms with Crippen LogP contribution in [-0.4, -0.2) is 15.3 Å². The molecule has 0 atom stereocenters. The molecule has 0 saturated heterocycles. The molecule has 0 radical (unpaired) electrons. The highest BCUT2D eigenvalue weighted by atomic mass is 35.5. The molecule has 0 saturated carbocycles. The van der Waals surface area contributed by atoms with Crippen molar-refractivity contribution < 1.29 is 4.79 Å². The molecule has 0 unspecified atom stereocenters. The van der Waals surface area contributed by atoms with Crippen molar-refractivity contribution in [3.63, 3.8) is 0 Å². The zero-order valence-corrected chi connectivity index (χ0v) is 11.9. The monoisotopic (exact) mass is 276 g/mol. The summed E-state index contributed by atoms with van der Waals surface area (Å²) in [5, 5.41) is 0.628. The van der Waals surface area contributed by atoms with Gasteiger partial charge in [-0.1, -0.05) is 30.7 Å². The Hall–Kier alpha value is -1.61. The van der Waals surface area contributed by atoms with Crippen molar-refractivity contribution in [1.29, 1.82) is 0 Å². The van der Waals surface area contributed by atoms with Crippen LogP contribution in [0.5, 0.6) is 0 Å². The van der Waals surface area contributed by atoms with Crippen LogP contribution in [-0.2, 0) is 13.0 Å². The molecule has 1 heterocycles. The molecule has 19 heavy (non-hydrogen) atoms. The van der Waals surface area contributed by atoms with Gasteiger partial charge in [-0.2, -0.15) is 0 Å². The molecular formula is C15H17ClN2O. The van der Waals surface area contributed by atoms with Crippen molar-refractivity contribution in [2.24, 2.45) is 0 Å². The first-order valence-corrected chi connectivity index (χ1v) is 6.79. The molecule has 0 aliphatic rings. The highest BCUT2D eigenvalue weighted by Crippen LogP contribution is 2.18. The number of nitrogens with zero attached hydrogens (tertiary/aromatic N) is 2. The number of hydrogen-bond donors (Lipinski definition) is 0. The summed E-state index contributed by atoms with van der Waals surface area (Å²) in [5.41, 5.74) is 1.62. The van der Waals surface area contributed by atoms with Crippen LogP contribution in [0.4, 0.5) is 0 Å². The standard InChI is InChI=1S/C15H17ClN2O/c1-3-7-18-8-6-17-15(18)10-14(19)12-5-4-11(2)13(16)9-12/h4-6,8-9H,3,7,10H2,1-2H3. The third-order valence-corrected chi connectivity index (χ3v) is 3.49. The summed E-state index contributed by atoms with van der Waals surface area (Å²) >= 11 is 6.05. The molecule has 1 aromatic carbocycles. The first-order chi connectivity index (χ1) is 9.11. The Morgan fingerprint density at radius 2 is 2.21 bits per heavy atom. The fraction of sp³-hybridized carbons (Fsp3) is 0.333. The first-order valence-electron chi connectivity index (χ1n) is 6.41. The molecule has 2 aromatic rings. The predicted octanol–water partition coefficient (Wildman–Crippen LogP) is 3.68.